The summed E-state index contributed by atoms with van der Waals surface area (Å²) in [6.07, 6.45) is 0.295. The molecule has 0 saturated heterocycles. The van der Waals surface area contributed by atoms with Gasteiger partial charge in [0, 0.05) is 5.56 Å². The molecular formula is C15H16F2N2. The zero-order chi connectivity index (χ0) is 13.8. The molecule has 1 unspecified atom stereocenters. The van der Waals surface area contributed by atoms with Crippen LogP contribution in [0.3, 0.4) is 0 Å². The molecule has 2 rings (SSSR count). The fourth-order valence-corrected chi connectivity index (χ4v) is 2.06. The number of aryl methyl sites for hydroxylation is 1. The normalized spacial score (nSPS) is 12.4. The lowest BCUT2D eigenvalue weighted by atomic mass is 9.98. The molecule has 0 aliphatic carbocycles. The van der Waals surface area contributed by atoms with Crippen LogP contribution >= 0.6 is 0 Å². The molecule has 2 aromatic rings. The fraction of sp³-hybridized carbons (Fsp3) is 0.200. The lowest BCUT2D eigenvalue weighted by molar-refractivity contribution is 0.498. The van der Waals surface area contributed by atoms with Crippen LogP contribution in [0, 0.1) is 18.6 Å². The van der Waals surface area contributed by atoms with Crippen LogP contribution in [0.1, 0.15) is 22.7 Å². The van der Waals surface area contributed by atoms with Crippen molar-refractivity contribution in [2.75, 3.05) is 0 Å². The van der Waals surface area contributed by atoms with Crippen molar-refractivity contribution in [3.05, 3.63) is 70.8 Å². The fourth-order valence-electron chi connectivity index (χ4n) is 2.06. The van der Waals surface area contributed by atoms with E-state index in [1.165, 1.54) is 12.1 Å². The van der Waals surface area contributed by atoms with E-state index < -0.39 is 6.04 Å². The molecule has 2 aromatic carbocycles. The summed E-state index contributed by atoms with van der Waals surface area (Å²) in [6.45, 7) is 1.81. The van der Waals surface area contributed by atoms with Gasteiger partial charge in [-0.2, -0.15) is 0 Å². The van der Waals surface area contributed by atoms with Gasteiger partial charge in [0.2, 0.25) is 0 Å². The second-order valence-corrected chi connectivity index (χ2v) is 4.54. The second kappa shape index (κ2) is 5.91. The average molecular weight is 262 g/mol. The summed E-state index contributed by atoms with van der Waals surface area (Å²) in [5.41, 5.74) is 4.33. The molecule has 0 spiro atoms. The van der Waals surface area contributed by atoms with Gasteiger partial charge in [-0.1, -0.05) is 30.3 Å². The van der Waals surface area contributed by atoms with Crippen LogP contribution in [0.25, 0.3) is 0 Å². The molecule has 0 bridgehead atoms. The largest absolute Gasteiger partial charge is 0.271 e. The quantitative estimate of drug-likeness (QED) is 0.656. The van der Waals surface area contributed by atoms with Crippen molar-refractivity contribution >= 4 is 0 Å². The lowest BCUT2D eigenvalue weighted by Gasteiger charge is -2.17. The van der Waals surface area contributed by atoms with Gasteiger partial charge in [-0.05, 0) is 36.6 Å². The van der Waals surface area contributed by atoms with E-state index in [-0.39, 0.29) is 11.6 Å². The molecule has 0 aliphatic heterocycles. The van der Waals surface area contributed by atoms with Crippen LogP contribution in [0.5, 0.6) is 0 Å². The number of hydrazine groups is 1. The Bertz CT molecular complexity index is 570. The Labute approximate surface area is 111 Å². The van der Waals surface area contributed by atoms with E-state index in [4.69, 9.17) is 5.84 Å². The van der Waals surface area contributed by atoms with Crippen LogP contribution in [0.15, 0.2) is 42.5 Å². The smallest absolute Gasteiger partial charge is 0.128 e. The van der Waals surface area contributed by atoms with Crippen molar-refractivity contribution in [2.24, 2.45) is 5.84 Å². The first kappa shape index (κ1) is 13.6. The van der Waals surface area contributed by atoms with E-state index in [2.05, 4.69) is 5.43 Å². The summed E-state index contributed by atoms with van der Waals surface area (Å²) < 4.78 is 27.5. The highest BCUT2D eigenvalue weighted by atomic mass is 19.1. The Morgan fingerprint density at radius 3 is 2.47 bits per heavy atom. The topological polar surface area (TPSA) is 38.0 Å². The van der Waals surface area contributed by atoms with Gasteiger partial charge in [0.25, 0.3) is 0 Å². The Hall–Kier alpha value is -1.78. The van der Waals surface area contributed by atoms with E-state index in [1.807, 2.05) is 13.0 Å². The molecule has 0 aliphatic rings. The van der Waals surface area contributed by atoms with Crippen LogP contribution < -0.4 is 11.3 Å². The van der Waals surface area contributed by atoms with Gasteiger partial charge < -0.3 is 0 Å². The van der Waals surface area contributed by atoms with Crippen LogP contribution in [0.4, 0.5) is 8.78 Å². The number of benzene rings is 2. The Balaban J connectivity index is 2.28. The van der Waals surface area contributed by atoms with E-state index in [0.717, 1.165) is 5.56 Å². The molecular weight excluding hydrogens is 246 g/mol. The molecule has 0 fully saturated rings. The van der Waals surface area contributed by atoms with Crippen molar-refractivity contribution in [3.63, 3.8) is 0 Å². The molecule has 0 heterocycles. The second-order valence-electron chi connectivity index (χ2n) is 4.54. The van der Waals surface area contributed by atoms with Gasteiger partial charge in [-0.25, -0.2) is 8.78 Å². The maximum Gasteiger partial charge on any atom is 0.128 e. The van der Waals surface area contributed by atoms with Crippen molar-refractivity contribution in [2.45, 2.75) is 19.4 Å². The third kappa shape index (κ3) is 3.16. The monoisotopic (exact) mass is 262 g/mol. The zero-order valence-corrected chi connectivity index (χ0v) is 10.7. The maximum absolute atomic E-state index is 13.9. The SMILES string of the molecule is Cc1ccc(C(Cc2ccccc2F)NN)c(F)c1. The highest BCUT2D eigenvalue weighted by Gasteiger charge is 2.16. The molecule has 0 saturated carbocycles. The summed E-state index contributed by atoms with van der Waals surface area (Å²) in [6, 6.07) is 10.9. The van der Waals surface area contributed by atoms with Gasteiger partial charge >= 0.3 is 0 Å². The maximum atomic E-state index is 13.9. The van der Waals surface area contributed by atoms with Crippen LogP contribution in [0.2, 0.25) is 0 Å². The Kier molecular flexibility index (Phi) is 4.24. The van der Waals surface area contributed by atoms with Gasteiger partial charge in [0.1, 0.15) is 11.6 Å². The number of nitrogens with one attached hydrogen (secondary N) is 1. The summed E-state index contributed by atoms with van der Waals surface area (Å²) in [5.74, 6) is 4.83. The van der Waals surface area contributed by atoms with Gasteiger partial charge in [-0.15, -0.1) is 0 Å². The zero-order valence-electron chi connectivity index (χ0n) is 10.7. The predicted molar refractivity (Wildman–Crippen MR) is 71.3 cm³/mol. The summed E-state index contributed by atoms with van der Waals surface area (Å²) >= 11 is 0. The van der Waals surface area contributed by atoms with Crippen LogP contribution in [-0.2, 0) is 6.42 Å². The van der Waals surface area contributed by atoms with Crippen molar-refractivity contribution < 1.29 is 8.78 Å². The van der Waals surface area contributed by atoms with E-state index in [1.54, 1.807) is 24.3 Å². The predicted octanol–water partition coefficient (Wildman–Crippen LogP) is 3.02. The van der Waals surface area contributed by atoms with Crippen molar-refractivity contribution in [1.29, 1.82) is 0 Å². The molecule has 0 aromatic heterocycles. The number of halogens is 2. The van der Waals surface area contributed by atoms with Crippen molar-refractivity contribution in [3.8, 4) is 0 Å². The Morgan fingerprint density at radius 1 is 1.11 bits per heavy atom. The minimum atomic E-state index is -0.461. The molecule has 19 heavy (non-hydrogen) atoms. The molecule has 3 N–H and O–H groups in total. The summed E-state index contributed by atoms with van der Waals surface area (Å²) in [7, 11) is 0. The molecule has 2 nitrogen and oxygen atoms in total. The third-order valence-electron chi connectivity index (χ3n) is 3.11. The van der Waals surface area contributed by atoms with E-state index in [9.17, 15) is 8.78 Å². The number of hydrogen-bond donors (Lipinski definition) is 2. The first-order valence-electron chi connectivity index (χ1n) is 6.07. The minimum absolute atomic E-state index is 0.295. The average Bonchev–Trinajstić information content (AvgIpc) is 2.39. The standard InChI is InChI=1S/C15H16F2N2/c1-10-6-7-12(14(17)8-10)15(19-18)9-11-4-2-3-5-13(11)16/h2-8,15,19H,9,18H2,1H3. The Morgan fingerprint density at radius 2 is 1.84 bits per heavy atom. The minimum Gasteiger partial charge on any atom is -0.271 e. The van der Waals surface area contributed by atoms with Crippen LogP contribution in [-0.4, -0.2) is 0 Å². The molecule has 4 heteroatoms. The van der Waals surface area contributed by atoms with E-state index >= 15 is 0 Å². The lowest BCUT2D eigenvalue weighted by Crippen LogP contribution is -2.30. The molecule has 100 valence electrons. The third-order valence-corrected chi connectivity index (χ3v) is 3.11. The highest BCUT2D eigenvalue weighted by molar-refractivity contribution is 5.28. The first-order chi connectivity index (χ1) is 9.11. The van der Waals surface area contributed by atoms with Gasteiger partial charge in [-0.3, -0.25) is 11.3 Å². The first-order valence-corrected chi connectivity index (χ1v) is 6.07. The summed E-state index contributed by atoms with van der Waals surface area (Å²) in [4.78, 5) is 0. The van der Waals surface area contributed by atoms with Gasteiger partial charge in [0.15, 0.2) is 0 Å². The van der Waals surface area contributed by atoms with Crippen molar-refractivity contribution in [1.82, 2.24) is 5.43 Å². The number of hydrogen-bond acceptors (Lipinski definition) is 2. The molecule has 1 atom stereocenters. The highest BCUT2D eigenvalue weighted by Crippen LogP contribution is 2.22. The number of rotatable bonds is 4. The molecule has 0 amide bonds. The van der Waals surface area contributed by atoms with Gasteiger partial charge in [0.05, 0.1) is 6.04 Å². The molecule has 0 radical (unpaired) electrons. The van der Waals surface area contributed by atoms with E-state index in [0.29, 0.717) is 17.5 Å². The summed E-state index contributed by atoms with van der Waals surface area (Å²) in [5, 5.41) is 0. The number of nitrogens with two attached hydrogens (primary N) is 1.